The number of aromatic amines is 4. The maximum Gasteiger partial charge on any atom is 0.338 e. The van der Waals surface area contributed by atoms with Gasteiger partial charge in [-0.25, -0.2) is 9.59 Å². The third kappa shape index (κ3) is 17.8. The number of ether oxygens (including phenoxy) is 2. The molecule has 1 aliphatic carbocycles. The van der Waals surface area contributed by atoms with Crippen LogP contribution in [-0.4, -0.2) is 120 Å². The van der Waals surface area contributed by atoms with Gasteiger partial charge in [-0.05, 0) is 198 Å². The highest BCUT2D eigenvalue weighted by Gasteiger charge is 2.37. The fourth-order valence-electron chi connectivity index (χ4n) is 15.2. The molecule has 4 bridgehead atoms. The number of halogens is 1. The molecule has 105 heavy (non-hydrogen) atoms. The van der Waals surface area contributed by atoms with Gasteiger partial charge < -0.3 is 39.3 Å². The van der Waals surface area contributed by atoms with Crippen molar-refractivity contribution in [3.63, 3.8) is 0 Å². The lowest BCUT2D eigenvalue weighted by molar-refractivity contribution is -0.125. The van der Waals surface area contributed by atoms with Gasteiger partial charge in [0.05, 0.1) is 23.5 Å². The minimum atomic E-state index is -0.479. The average molecular weight is 1470 g/mol. The van der Waals surface area contributed by atoms with Gasteiger partial charge in [0.25, 0.3) is 0 Å². The van der Waals surface area contributed by atoms with Gasteiger partial charge in [0.15, 0.2) is 11.6 Å². The Hall–Kier alpha value is -10.2. The van der Waals surface area contributed by atoms with Crippen molar-refractivity contribution in [2.45, 2.75) is 133 Å². The number of para-hydroxylation sites is 5. The maximum atomic E-state index is 12.3. The van der Waals surface area contributed by atoms with Crippen LogP contribution < -0.4 is 10.6 Å². The Labute approximate surface area is 620 Å². The number of alkyl halides is 1. The van der Waals surface area contributed by atoms with Crippen LogP contribution in [0.15, 0.2) is 207 Å². The molecule has 4 fully saturated rings. The van der Waals surface area contributed by atoms with Crippen molar-refractivity contribution in [1.82, 2.24) is 44.9 Å². The Morgan fingerprint density at radius 2 is 1.07 bits per heavy atom. The van der Waals surface area contributed by atoms with E-state index in [9.17, 15) is 28.8 Å². The molecule has 0 spiro atoms. The quantitative estimate of drug-likeness (QED) is 0.0381. The molecule has 12 aromatic rings. The Morgan fingerprint density at radius 1 is 0.533 bits per heavy atom. The predicted molar refractivity (Wildman–Crippen MR) is 420 cm³/mol. The fraction of sp³-hybridized carbons (Fsp3) is 0.310. The molecule has 18 heteroatoms. The van der Waals surface area contributed by atoms with Crippen molar-refractivity contribution >= 4 is 106 Å². The van der Waals surface area contributed by atoms with Gasteiger partial charge in [-0.3, -0.25) is 34.3 Å². The Balaban J connectivity index is 0.000000113. The maximum absolute atomic E-state index is 12.3. The van der Waals surface area contributed by atoms with Gasteiger partial charge in [0, 0.05) is 142 Å². The summed E-state index contributed by atoms with van der Waals surface area (Å²) < 4.78 is 13.2. The van der Waals surface area contributed by atoms with Crippen LogP contribution in [0.2, 0.25) is 0 Å². The van der Waals surface area contributed by atoms with E-state index in [0.29, 0.717) is 23.0 Å². The highest BCUT2D eigenvalue weighted by Crippen LogP contribution is 2.43. The number of benzene rings is 7. The number of fused-ring (bicyclic) bond motifs is 15. The minimum Gasteiger partial charge on any atom is -0.456 e. The number of allylic oxidation sites excluding steroid dienone is 2. The van der Waals surface area contributed by atoms with E-state index in [1.54, 1.807) is 23.3 Å². The average Bonchev–Trinajstić information content (AvgIpc) is 1.59. The zero-order valence-corrected chi connectivity index (χ0v) is 62.1. The number of nitrogens with zero attached hydrogens (tertiary/aromatic N) is 3. The first kappa shape index (κ1) is 73.1. The van der Waals surface area contributed by atoms with Gasteiger partial charge >= 0.3 is 11.9 Å². The van der Waals surface area contributed by atoms with E-state index in [4.69, 9.17) is 9.47 Å². The van der Waals surface area contributed by atoms with E-state index in [1.165, 1.54) is 124 Å². The minimum absolute atomic E-state index is 0.0787. The van der Waals surface area contributed by atoms with Crippen LogP contribution in [0.5, 0.6) is 0 Å². The molecule has 7 aromatic carbocycles. The highest BCUT2D eigenvalue weighted by molar-refractivity contribution is 9.08. The van der Waals surface area contributed by atoms with Gasteiger partial charge in [0.2, 0.25) is 11.8 Å². The molecule has 2 amide bonds. The number of amides is 2. The monoisotopic (exact) mass is 1470 g/mol. The first-order chi connectivity index (χ1) is 50.7. The molecule has 4 saturated heterocycles. The van der Waals surface area contributed by atoms with Crippen LogP contribution in [-0.2, 0) is 53.6 Å². The number of hydrogen-bond acceptors (Lipinski definition) is 11. The molecule has 6 atom stereocenters. The summed E-state index contributed by atoms with van der Waals surface area (Å²) in [5, 5.41) is 13.1. The molecule has 17 nitrogen and oxygen atoms in total. The van der Waals surface area contributed by atoms with E-state index in [2.05, 4.69) is 170 Å². The molecule has 0 saturated carbocycles. The number of ketones is 2. The van der Waals surface area contributed by atoms with Gasteiger partial charge in [0.1, 0.15) is 11.2 Å². The number of rotatable bonds is 7. The lowest BCUT2D eigenvalue weighted by Crippen LogP contribution is -2.26. The standard InChI is InChI=1S/C25H28N2O2.C13H14N2.C12H15BrO2.C12H10N2O2.C12H14N2.C8H7N.C5H4O2/c1-25(2,3)29-24(28)18-10-8-17(9-11-18)14-27-21-7-5-4-6-20(21)23-19-12-13-26(15-19)16-22(23)27;1-2-4-11-10(3-1)13-9-5-6-15(7-9)8-12(13)14-11;1-12(2,3)15-11(14)10-6-4-9(8-13)5-7-10;15-11-5-8(12(16)14-11)9-6-13-10-4-2-1-3-7(9)10;1-2-4-12-10(3-1)11(8-14-12)9-5-6-13-7-9;1-2-4-8-7(3-1)5-6-9-8;6-4-1-2-5(7)3-4/h4-11,19H,12-16H2,1-3H3;1-4,9,14H,5-8H2;4-7H,8H2,1-3H3;1-4,6,8,13H,5H2,(H,14,15,16);1-4,8-9,13-14H,5-7H2;1-6,9H;1-2H,3H2. The summed E-state index contributed by atoms with van der Waals surface area (Å²) in [5.74, 6) is 0.713. The topological polar surface area (TPSA) is 220 Å². The van der Waals surface area contributed by atoms with E-state index in [1.807, 2.05) is 115 Å². The normalized spacial score (nSPS) is 19.5. The first-order valence-corrected chi connectivity index (χ1v) is 37.6. The van der Waals surface area contributed by atoms with Crippen molar-refractivity contribution in [2.75, 3.05) is 39.3 Å². The van der Waals surface area contributed by atoms with Crippen molar-refractivity contribution in [1.29, 1.82) is 0 Å². The first-order valence-electron chi connectivity index (χ1n) is 36.5. The third-order valence-electron chi connectivity index (χ3n) is 20.1. The number of carbonyl (C=O) groups excluding carboxylic acids is 6. The Kier molecular flexibility index (Phi) is 22.6. The fourth-order valence-corrected chi connectivity index (χ4v) is 15.6. The summed E-state index contributed by atoms with van der Waals surface area (Å²) in [6.07, 6.45) is 12.8. The Morgan fingerprint density at radius 3 is 1.63 bits per heavy atom. The lowest BCUT2D eigenvalue weighted by Gasteiger charge is -2.25. The predicted octanol–water partition coefficient (Wildman–Crippen LogP) is 16.8. The second-order valence-corrected chi connectivity index (χ2v) is 30.5. The lowest BCUT2D eigenvalue weighted by atomic mass is 9.93. The third-order valence-corrected chi connectivity index (χ3v) is 20.7. The summed E-state index contributed by atoms with van der Waals surface area (Å²) in [5.41, 5.74) is 17.2. The van der Waals surface area contributed by atoms with Gasteiger partial charge in [-0.2, -0.15) is 0 Å². The van der Waals surface area contributed by atoms with Crippen molar-refractivity contribution < 1.29 is 38.2 Å². The molecule has 7 aliphatic rings. The number of hydrogen-bond donors (Lipinski definition) is 6. The molecule has 540 valence electrons. The van der Waals surface area contributed by atoms with Crippen LogP contribution >= 0.6 is 15.9 Å². The van der Waals surface area contributed by atoms with E-state index in [-0.39, 0.29) is 54.1 Å². The molecule has 19 rings (SSSR count). The van der Waals surface area contributed by atoms with E-state index < -0.39 is 11.2 Å². The molecule has 11 heterocycles. The van der Waals surface area contributed by atoms with Crippen LogP contribution in [0.4, 0.5) is 0 Å². The highest BCUT2D eigenvalue weighted by atomic mass is 79.9. The van der Waals surface area contributed by atoms with Crippen molar-refractivity contribution in [3.05, 3.63) is 263 Å². The zero-order chi connectivity index (χ0) is 73.4. The van der Waals surface area contributed by atoms with Crippen LogP contribution in [0.3, 0.4) is 0 Å². The molecular formula is C87H92BrN9O8. The SMILES string of the molecule is CC(C)(C)OC(=O)c1ccc(CBr)cc1.CC(C)(C)OC(=O)c1ccc(Cn2c3c(c4ccccc42)C2CCN(C3)C2)cc1.O=C1C=CC(=O)C1.O=C1CC(c2c[nH]c3ccccc23)C(=O)N1.c1ccc2[nH]ccc2c1.c1ccc2c(C3CCNC3)c[nH]c2c1.c1ccc2c3c([nH]c2c1)CN1CCC3C1. The molecule has 6 N–H and O–H groups in total. The summed E-state index contributed by atoms with van der Waals surface area (Å²) in [6.45, 7) is 21.5. The summed E-state index contributed by atoms with van der Waals surface area (Å²) in [7, 11) is 0. The zero-order valence-electron chi connectivity index (χ0n) is 60.5. The number of imide groups is 1. The van der Waals surface area contributed by atoms with Crippen molar-refractivity contribution in [3.8, 4) is 0 Å². The molecular weight excluding hydrogens is 1380 g/mol. The van der Waals surface area contributed by atoms with Crippen LogP contribution in [0, 0.1) is 0 Å². The van der Waals surface area contributed by atoms with E-state index >= 15 is 0 Å². The number of esters is 2. The second-order valence-electron chi connectivity index (χ2n) is 29.9. The summed E-state index contributed by atoms with van der Waals surface area (Å²) >= 11 is 3.35. The number of nitrogens with one attached hydrogen (secondary N) is 6. The van der Waals surface area contributed by atoms with Crippen LogP contribution in [0.1, 0.15) is 163 Å². The molecule has 6 unspecified atom stereocenters. The van der Waals surface area contributed by atoms with Gasteiger partial charge in [-0.1, -0.05) is 131 Å². The van der Waals surface area contributed by atoms with E-state index in [0.717, 1.165) is 66.0 Å². The second kappa shape index (κ2) is 32.4. The molecule has 0 radical (unpaired) electrons. The molecule has 6 aliphatic heterocycles. The molecule has 5 aromatic heterocycles. The smallest absolute Gasteiger partial charge is 0.338 e. The van der Waals surface area contributed by atoms with Crippen molar-refractivity contribution in [2.24, 2.45) is 0 Å². The number of aromatic nitrogens is 5. The van der Waals surface area contributed by atoms with Crippen LogP contribution in [0.25, 0.3) is 54.5 Å². The number of carbonyl (C=O) groups is 6. The number of H-pyrrole nitrogens is 4. The summed E-state index contributed by atoms with van der Waals surface area (Å²) in [4.78, 5) is 85.2. The largest absolute Gasteiger partial charge is 0.456 e. The summed E-state index contributed by atoms with van der Waals surface area (Å²) in [6, 6.07) is 59.4. The Bertz CT molecular complexity index is 5090. The van der Waals surface area contributed by atoms with Gasteiger partial charge in [-0.15, -0.1) is 0 Å².